The molecular weight excluding hydrogens is 636 g/mol. The molecule has 0 amide bonds. The van der Waals surface area contributed by atoms with E-state index in [0.717, 1.165) is 15.6 Å². The van der Waals surface area contributed by atoms with Crippen molar-refractivity contribution < 1.29 is 18.7 Å². The maximum absolute atomic E-state index is 13.8. The predicted molar refractivity (Wildman–Crippen MR) is 153 cm³/mol. The van der Waals surface area contributed by atoms with E-state index in [2.05, 4.69) is 36.9 Å². The third kappa shape index (κ3) is 4.95. The first kappa shape index (κ1) is 26.4. The molecule has 2 aromatic heterocycles. The second-order valence-corrected chi connectivity index (χ2v) is 11.2. The van der Waals surface area contributed by atoms with Crippen LogP contribution in [0.15, 0.2) is 89.0 Å². The minimum absolute atomic E-state index is 0.207. The van der Waals surface area contributed by atoms with Crippen LogP contribution in [0.5, 0.6) is 5.75 Å². The summed E-state index contributed by atoms with van der Waals surface area (Å²) in [6.45, 7) is 3.71. The lowest BCUT2D eigenvalue weighted by molar-refractivity contribution is -0.139. The van der Waals surface area contributed by atoms with E-state index in [9.17, 15) is 9.59 Å². The molecule has 3 heterocycles. The van der Waals surface area contributed by atoms with E-state index in [-0.39, 0.29) is 12.2 Å². The van der Waals surface area contributed by atoms with Crippen molar-refractivity contribution in [3.63, 3.8) is 0 Å². The van der Waals surface area contributed by atoms with Gasteiger partial charge in [-0.25, -0.2) is 9.79 Å². The van der Waals surface area contributed by atoms with Crippen molar-refractivity contribution in [3.8, 4) is 17.1 Å². The molecule has 194 valence electrons. The Balaban J connectivity index is 1.64. The molecule has 0 aliphatic carbocycles. The minimum atomic E-state index is -0.718. The fraction of sp³-hybridized carbons (Fsp3) is 0.179. The van der Waals surface area contributed by atoms with Gasteiger partial charge in [-0.2, -0.15) is 0 Å². The highest BCUT2D eigenvalue weighted by Gasteiger charge is 2.33. The van der Waals surface area contributed by atoms with Crippen molar-refractivity contribution >= 4 is 55.2 Å². The number of carbonyl (C=O) groups is 1. The number of nitrogens with zero attached hydrogens (tertiary/aromatic N) is 2. The number of carbonyl (C=O) groups excluding carboxylic acids is 1. The highest BCUT2D eigenvalue weighted by molar-refractivity contribution is 9.10. The maximum atomic E-state index is 13.8. The molecule has 1 atom stereocenters. The van der Waals surface area contributed by atoms with Gasteiger partial charge in [-0.05, 0) is 71.7 Å². The molecule has 1 aliphatic heterocycles. The van der Waals surface area contributed by atoms with Crippen molar-refractivity contribution in [1.82, 2.24) is 4.57 Å². The van der Waals surface area contributed by atoms with Gasteiger partial charge < -0.3 is 13.9 Å². The highest BCUT2D eigenvalue weighted by Crippen LogP contribution is 2.35. The lowest BCUT2D eigenvalue weighted by atomic mass is 9.96. The van der Waals surface area contributed by atoms with Gasteiger partial charge in [-0.15, -0.1) is 0 Å². The fourth-order valence-corrected chi connectivity index (χ4v) is 6.14. The summed E-state index contributed by atoms with van der Waals surface area (Å²) >= 11 is 8.21. The molecule has 2 aromatic carbocycles. The summed E-state index contributed by atoms with van der Waals surface area (Å²) < 4.78 is 20.4. The lowest BCUT2D eigenvalue weighted by Crippen LogP contribution is -2.39. The minimum Gasteiger partial charge on any atom is -0.496 e. The third-order valence-corrected chi connectivity index (χ3v) is 8.17. The number of esters is 1. The zero-order valence-electron chi connectivity index (χ0n) is 20.7. The van der Waals surface area contributed by atoms with Crippen LogP contribution in [0.2, 0.25) is 0 Å². The Morgan fingerprint density at radius 2 is 1.92 bits per heavy atom. The number of hydrogen-bond acceptors (Lipinski definition) is 7. The molecule has 0 saturated carbocycles. The number of halogens is 2. The predicted octanol–water partition coefficient (Wildman–Crippen LogP) is 5.59. The lowest BCUT2D eigenvalue weighted by Gasteiger charge is -2.25. The third-order valence-electron chi connectivity index (χ3n) is 6.04. The molecule has 5 rings (SSSR count). The summed E-state index contributed by atoms with van der Waals surface area (Å²) in [5.74, 6) is 1.36. The Bertz CT molecular complexity index is 1750. The molecule has 0 fully saturated rings. The summed E-state index contributed by atoms with van der Waals surface area (Å²) in [7, 11) is 1.58. The number of furan rings is 1. The van der Waals surface area contributed by atoms with Gasteiger partial charge in [0.1, 0.15) is 17.3 Å². The zero-order chi connectivity index (χ0) is 27.0. The SMILES string of the molecule is CCOC(=O)C1=C(C)N=c2s/c(=C\c3ccc(-c4ccc(Br)cc4)o3)c(=O)n2C1c1ccc(OC)c(Br)c1. The summed E-state index contributed by atoms with van der Waals surface area (Å²) in [5.41, 5.74) is 2.19. The van der Waals surface area contributed by atoms with E-state index in [0.29, 0.717) is 42.3 Å². The molecule has 0 saturated heterocycles. The average molecular weight is 658 g/mol. The zero-order valence-corrected chi connectivity index (χ0v) is 24.6. The first-order valence-electron chi connectivity index (χ1n) is 11.7. The van der Waals surface area contributed by atoms with Crippen molar-refractivity contribution in [2.45, 2.75) is 19.9 Å². The molecule has 7 nitrogen and oxygen atoms in total. The Hall–Kier alpha value is -3.21. The van der Waals surface area contributed by atoms with Gasteiger partial charge in [-0.1, -0.05) is 45.5 Å². The second-order valence-electron chi connectivity index (χ2n) is 8.41. The van der Waals surface area contributed by atoms with Gasteiger partial charge in [-0.3, -0.25) is 9.36 Å². The number of ether oxygens (including phenoxy) is 2. The van der Waals surface area contributed by atoms with Crippen LogP contribution >= 0.6 is 43.2 Å². The first-order valence-corrected chi connectivity index (χ1v) is 14.1. The fourth-order valence-electron chi connectivity index (χ4n) is 4.29. The normalized spacial score (nSPS) is 15.3. The number of fused-ring (bicyclic) bond motifs is 1. The summed E-state index contributed by atoms with van der Waals surface area (Å²) in [4.78, 5) is 31.9. The molecule has 0 radical (unpaired) electrons. The quantitative estimate of drug-likeness (QED) is 0.253. The number of methoxy groups -OCH3 is 1. The molecule has 1 unspecified atom stereocenters. The van der Waals surface area contributed by atoms with Gasteiger partial charge in [0.25, 0.3) is 5.56 Å². The van der Waals surface area contributed by atoms with E-state index in [4.69, 9.17) is 13.9 Å². The molecule has 1 aliphatic rings. The van der Waals surface area contributed by atoms with E-state index in [1.165, 1.54) is 11.3 Å². The highest BCUT2D eigenvalue weighted by atomic mass is 79.9. The van der Waals surface area contributed by atoms with Gasteiger partial charge in [0, 0.05) is 16.1 Å². The molecular formula is C28H22Br2N2O5S. The summed E-state index contributed by atoms with van der Waals surface area (Å²) in [6.07, 6.45) is 1.70. The smallest absolute Gasteiger partial charge is 0.338 e. The number of allylic oxidation sites excluding steroid dienone is 1. The van der Waals surface area contributed by atoms with Gasteiger partial charge >= 0.3 is 5.97 Å². The van der Waals surface area contributed by atoms with E-state index < -0.39 is 12.0 Å². The Labute approximate surface area is 239 Å². The Morgan fingerprint density at radius 1 is 1.16 bits per heavy atom. The number of hydrogen-bond donors (Lipinski definition) is 0. The summed E-state index contributed by atoms with van der Waals surface area (Å²) in [5, 5.41) is 0. The second kappa shape index (κ2) is 10.9. The van der Waals surface area contributed by atoms with Crippen LogP contribution in [0.3, 0.4) is 0 Å². The molecule has 4 aromatic rings. The molecule has 0 bridgehead atoms. The monoisotopic (exact) mass is 656 g/mol. The van der Waals surface area contributed by atoms with Gasteiger partial charge in [0.05, 0.1) is 40.0 Å². The number of aromatic nitrogens is 1. The van der Waals surface area contributed by atoms with Crippen LogP contribution in [-0.4, -0.2) is 24.3 Å². The van der Waals surface area contributed by atoms with Crippen molar-refractivity contribution in [2.75, 3.05) is 13.7 Å². The van der Waals surface area contributed by atoms with Crippen LogP contribution in [-0.2, 0) is 9.53 Å². The number of rotatable bonds is 6. The molecule has 10 heteroatoms. The van der Waals surface area contributed by atoms with Gasteiger partial charge in [0.15, 0.2) is 4.80 Å². The van der Waals surface area contributed by atoms with Crippen molar-refractivity contribution in [3.05, 3.63) is 106 Å². The molecule has 0 spiro atoms. The topological polar surface area (TPSA) is 83.0 Å². The molecule has 0 N–H and O–H groups in total. The number of thiazole rings is 1. The average Bonchev–Trinajstić information content (AvgIpc) is 3.48. The van der Waals surface area contributed by atoms with Crippen LogP contribution in [0.1, 0.15) is 31.2 Å². The van der Waals surface area contributed by atoms with Crippen LogP contribution in [0.4, 0.5) is 0 Å². The first-order chi connectivity index (χ1) is 18.3. The van der Waals surface area contributed by atoms with Crippen molar-refractivity contribution in [2.24, 2.45) is 4.99 Å². The van der Waals surface area contributed by atoms with Gasteiger partial charge in [0.2, 0.25) is 0 Å². The Morgan fingerprint density at radius 3 is 2.61 bits per heavy atom. The number of benzene rings is 2. The van der Waals surface area contributed by atoms with E-state index in [1.807, 2.05) is 48.5 Å². The molecule has 38 heavy (non-hydrogen) atoms. The van der Waals surface area contributed by atoms with Crippen LogP contribution in [0.25, 0.3) is 17.4 Å². The largest absolute Gasteiger partial charge is 0.496 e. The van der Waals surface area contributed by atoms with Crippen LogP contribution < -0.4 is 19.6 Å². The standard InChI is InChI=1S/C28H22Br2N2O5S/c1-4-36-27(34)24-15(2)31-28-32(25(24)17-7-11-22(35-3)20(30)13-17)26(33)23(38-28)14-19-10-12-21(37-19)16-5-8-18(29)9-6-16/h5-14,25H,4H2,1-3H3/b23-14-. The maximum Gasteiger partial charge on any atom is 0.338 e. The van der Waals surface area contributed by atoms with Crippen molar-refractivity contribution in [1.29, 1.82) is 0 Å². The Kier molecular flexibility index (Phi) is 7.56. The van der Waals surface area contributed by atoms with E-state index in [1.54, 1.807) is 37.7 Å². The van der Waals surface area contributed by atoms with Crippen LogP contribution in [0, 0.1) is 0 Å². The summed E-state index contributed by atoms with van der Waals surface area (Å²) in [6, 6.07) is 16.2. The van der Waals surface area contributed by atoms with E-state index >= 15 is 0 Å².